The van der Waals surface area contributed by atoms with Crippen molar-refractivity contribution in [3.05, 3.63) is 59.4 Å². The lowest BCUT2D eigenvalue weighted by atomic mass is 10.2. The zero-order valence-corrected chi connectivity index (χ0v) is 14.2. The molecule has 1 aromatic heterocycles. The van der Waals surface area contributed by atoms with E-state index >= 15 is 0 Å². The van der Waals surface area contributed by atoms with Gasteiger partial charge in [-0.1, -0.05) is 18.2 Å². The molecule has 0 aliphatic carbocycles. The van der Waals surface area contributed by atoms with Gasteiger partial charge in [-0.25, -0.2) is 4.98 Å². The van der Waals surface area contributed by atoms with Gasteiger partial charge in [-0.3, -0.25) is 0 Å². The van der Waals surface area contributed by atoms with Crippen LogP contribution in [0.15, 0.2) is 42.5 Å². The van der Waals surface area contributed by atoms with Crippen molar-refractivity contribution in [2.45, 2.75) is 26.7 Å². The molecule has 0 aliphatic heterocycles. The maximum atomic E-state index is 12.7. The van der Waals surface area contributed by atoms with Crippen LogP contribution in [-0.2, 0) is 17.9 Å². The summed E-state index contributed by atoms with van der Waals surface area (Å²) in [5.74, 6) is 0.770. The van der Waals surface area contributed by atoms with Crippen molar-refractivity contribution < 1.29 is 18.3 Å². The monoisotopic (exact) mass is 357 g/mol. The van der Waals surface area contributed by atoms with Gasteiger partial charge in [0.25, 0.3) is 0 Å². The molecule has 0 amide bonds. The van der Waals surface area contributed by atoms with Crippen LogP contribution in [0.1, 0.15) is 23.9 Å². The molecule has 0 N–H and O–H groups in total. The van der Waals surface area contributed by atoms with Gasteiger partial charge in [-0.05, 0) is 31.2 Å². The van der Waals surface area contributed by atoms with E-state index < -0.39 is 6.61 Å². The molecule has 0 aliphatic rings. The molecule has 7 heteroatoms. The van der Waals surface area contributed by atoms with E-state index in [4.69, 9.17) is 10.00 Å². The molecular weight excluding hydrogens is 340 g/mol. The fraction of sp³-hybridized carbons (Fsp3) is 0.263. The van der Waals surface area contributed by atoms with Crippen LogP contribution >= 0.6 is 0 Å². The minimum atomic E-state index is -2.90. The molecule has 0 bridgehead atoms. The number of imidazole rings is 1. The highest BCUT2D eigenvalue weighted by Crippen LogP contribution is 2.25. The summed E-state index contributed by atoms with van der Waals surface area (Å²) in [5.41, 5.74) is 2.54. The van der Waals surface area contributed by atoms with Crippen molar-refractivity contribution in [2.24, 2.45) is 0 Å². The van der Waals surface area contributed by atoms with E-state index in [0.717, 1.165) is 5.52 Å². The number of alkyl halides is 2. The molecule has 1 heterocycles. The maximum Gasteiger partial charge on any atom is 0.387 e. The third kappa shape index (κ3) is 3.81. The smallest absolute Gasteiger partial charge is 0.387 e. The first-order valence-electron chi connectivity index (χ1n) is 8.12. The maximum absolute atomic E-state index is 12.7. The molecule has 5 nitrogen and oxygen atoms in total. The fourth-order valence-electron chi connectivity index (χ4n) is 2.74. The van der Waals surface area contributed by atoms with E-state index in [1.807, 2.05) is 11.5 Å². The second-order valence-electron chi connectivity index (χ2n) is 5.55. The molecule has 2 aromatic carbocycles. The van der Waals surface area contributed by atoms with Crippen LogP contribution in [0.2, 0.25) is 0 Å². The molecule has 0 atom stereocenters. The molecule has 0 unspecified atom stereocenters. The quantitative estimate of drug-likeness (QED) is 0.639. The number of hydrogen-bond acceptors (Lipinski definition) is 4. The van der Waals surface area contributed by atoms with Crippen molar-refractivity contribution >= 4 is 11.0 Å². The number of halogens is 2. The molecule has 3 rings (SSSR count). The summed E-state index contributed by atoms with van der Waals surface area (Å²) in [7, 11) is 0. The second-order valence-corrected chi connectivity index (χ2v) is 5.55. The number of nitriles is 1. The molecular formula is C19H17F2N3O2. The van der Waals surface area contributed by atoms with Crippen LogP contribution in [0.25, 0.3) is 11.0 Å². The van der Waals surface area contributed by atoms with E-state index in [9.17, 15) is 8.78 Å². The highest BCUT2D eigenvalue weighted by Gasteiger charge is 2.15. The highest BCUT2D eigenvalue weighted by atomic mass is 19.3. The van der Waals surface area contributed by atoms with Gasteiger partial charge in [0.05, 0.1) is 29.2 Å². The topological polar surface area (TPSA) is 60.1 Å². The number of benzene rings is 2. The van der Waals surface area contributed by atoms with E-state index in [2.05, 4.69) is 15.8 Å². The third-order valence-electron chi connectivity index (χ3n) is 3.91. The van der Waals surface area contributed by atoms with E-state index in [-0.39, 0.29) is 18.9 Å². The Morgan fingerprint density at radius 1 is 1.23 bits per heavy atom. The average Bonchev–Trinajstić information content (AvgIpc) is 2.97. The summed E-state index contributed by atoms with van der Waals surface area (Å²) in [4.78, 5) is 4.55. The number of hydrogen-bond donors (Lipinski definition) is 0. The Morgan fingerprint density at radius 2 is 2.04 bits per heavy atom. The molecule has 0 saturated heterocycles. The summed E-state index contributed by atoms with van der Waals surface area (Å²) in [6.07, 6.45) is 0. The first-order valence-corrected chi connectivity index (χ1v) is 8.12. The molecule has 0 spiro atoms. The lowest BCUT2D eigenvalue weighted by molar-refractivity contribution is -0.0504. The number of rotatable bonds is 7. The highest BCUT2D eigenvalue weighted by molar-refractivity contribution is 5.78. The first kappa shape index (κ1) is 17.8. The zero-order chi connectivity index (χ0) is 18.5. The number of para-hydroxylation sites is 1. The van der Waals surface area contributed by atoms with Gasteiger partial charge >= 0.3 is 6.61 Å². The Balaban J connectivity index is 2.07. The Bertz CT molecular complexity index is 948. The molecule has 134 valence electrons. The van der Waals surface area contributed by atoms with Crippen molar-refractivity contribution in [3.8, 4) is 11.8 Å². The van der Waals surface area contributed by atoms with E-state index in [1.165, 1.54) is 6.07 Å². The Morgan fingerprint density at radius 3 is 2.77 bits per heavy atom. The van der Waals surface area contributed by atoms with Crippen LogP contribution in [0, 0.1) is 11.3 Å². The Hall–Kier alpha value is -2.98. The summed E-state index contributed by atoms with van der Waals surface area (Å²) in [6.45, 7) is 0.0649. The number of aromatic nitrogens is 2. The average molecular weight is 357 g/mol. The molecule has 0 saturated carbocycles. The standard InChI is InChI=1S/C19H17F2N3O2/c1-2-25-12-18-23-15-8-7-13(10-22)9-16(15)24(18)11-14-5-3-4-6-17(14)26-19(20)21/h3-9,19H,2,11-12H2,1H3. The van der Waals surface area contributed by atoms with Crippen LogP contribution in [0.5, 0.6) is 5.75 Å². The summed E-state index contributed by atoms with van der Waals surface area (Å²) < 4.78 is 37.3. The minimum Gasteiger partial charge on any atom is -0.434 e. The lowest BCUT2D eigenvalue weighted by Gasteiger charge is -2.14. The zero-order valence-electron chi connectivity index (χ0n) is 14.2. The van der Waals surface area contributed by atoms with Gasteiger partial charge in [0.2, 0.25) is 0 Å². The second kappa shape index (κ2) is 7.93. The molecule has 3 aromatic rings. The first-order chi connectivity index (χ1) is 12.6. The number of ether oxygens (including phenoxy) is 2. The van der Waals surface area contributed by atoms with Gasteiger partial charge in [0.1, 0.15) is 18.2 Å². The summed E-state index contributed by atoms with van der Waals surface area (Å²) in [6, 6.07) is 13.9. The van der Waals surface area contributed by atoms with Crippen LogP contribution in [-0.4, -0.2) is 22.8 Å². The summed E-state index contributed by atoms with van der Waals surface area (Å²) in [5, 5.41) is 9.16. The minimum absolute atomic E-state index is 0.114. The van der Waals surface area contributed by atoms with Crippen molar-refractivity contribution in [3.63, 3.8) is 0 Å². The molecule has 26 heavy (non-hydrogen) atoms. The lowest BCUT2D eigenvalue weighted by Crippen LogP contribution is -2.10. The molecule has 0 radical (unpaired) electrons. The van der Waals surface area contributed by atoms with Gasteiger partial charge in [-0.2, -0.15) is 14.0 Å². The van der Waals surface area contributed by atoms with E-state index in [1.54, 1.807) is 36.4 Å². The largest absolute Gasteiger partial charge is 0.434 e. The fourth-order valence-corrected chi connectivity index (χ4v) is 2.74. The van der Waals surface area contributed by atoms with Crippen LogP contribution < -0.4 is 4.74 Å². The SMILES string of the molecule is CCOCc1nc2ccc(C#N)cc2n1Cc1ccccc1OC(F)F. The van der Waals surface area contributed by atoms with E-state index in [0.29, 0.717) is 29.1 Å². The number of nitrogens with zero attached hydrogens (tertiary/aromatic N) is 3. The van der Waals surface area contributed by atoms with Gasteiger partial charge in [-0.15, -0.1) is 0 Å². The van der Waals surface area contributed by atoms with Crippen molar-refractivity contribution in [2.75, 3.05) is 6.61 Å². The third-order valence-corrected chi connectivity index (χ3v) is 3.91. The predicted octanol–water partition coefficient (Wildman–Crippen LogP) is 4.09. The van der Waals surface area contributed by atoms with Crippen molar-refractivity contribution in [1.29, 1.82) is 5.26 Å². The normalized spacial score (nSPS) is 11.0. The Kier molecular flexibility index (Phi) is 5.44. The predicted molar refractivity (Wildman–Crippen MR) is 92.0 cm³/mol. The van der Waals surface area contributed by atoms with Crippen LogP contribution in [0.4, 0.5) is 8.78 Å². The van der Waals surface area contributed by atoms with Gasteiger partial charge in [0.15, 0.2) is 0 Å². The molecule has 0 fully saturated rings. The summed E-state index contributed by atoms with van der Waals surface area (Å²) >= 11 is 0. The Labute approximate surface area is 149 Å². The van der Waals surface area contributed by atoms with Crippen LogP contribution in [0.3, 0.4) is 0 Å². The van der Waals surface area contributed by atoms with Gasteiger partial charge in [0, 0.05) is 12.2 Å². The number of fused-ring (bicyclic) bond motifs is 1. The van der Waals surface area contributed by atoms with Crippen molar-refractivity contribution in [1.82, 2.24) is 9.55 Å². The van der Waals surface area contributed by atoms with Gasteiger partial charge < -0.3 is 14.0 Å².